The van der Waals surface area contributed by atoms with E-state index in [0.29, 0.717) is 31.2 Å². The predicted molar refractivity (Wildman–Crippen MR) is 80.7 cm³/mol. The molecule has 0 amide bonds. The molecule has 0 aromatic heterocycles. The van der Waals surface area contributed by atoms with Crippen molar-refractivity contribution in [3.05, 3.63) is 30.9 Å². The van der Waals surface area contributed by atoms with Gasteiger partial charge in [0, 0.05) is 6.54 Å². The molecule has 0 heterocycles. The first-order valence-corrected chi connectivity index (χ1v) is 6.62. The van der Waals surface area contributed by atoms with Crippen LogP contribution in [0.3, 0.4) is 0 Å². The summed E-state index contributed by atoms with van der Waals surface area (Å²) in [5.74, 6) is 0.715. The normalized spacial score (nSPS) is 10.5. The van der Waals surface area contributed by atoms with E-state index in [1.807, 2.05) is 38.1 Å². The molecule has 1 aromatic rings. The third-order valence-corrected chi connectivity index (χ3v) is 2.46. The number of anilines is 2. The molecule has 0 radical (unpaired) electrons. The molecule has 0 aliphatic heterocycles. The third-order valence-electron chi connectivity index (χ3n) is 2.46. The minimum Gasteiger partial charge on any atom is -0.489 e. The van der Waals surface area contributed by atoms with E-state index in [1.54, 1.807) is 0 Å². The summed E-state index contributed by atoms with van der Waals surface area (Å²) < 4.78 is 11.1. The molecule has 1 aromatic carbocycles. The molecule has 0 unspecified atom stereocenters. The molecular weight excluding hydrogens is 240 g/mol. The van der Waals surface area contributed by atoms with E-state index in [2.05, 4.69) is 11.9 Å². The summed E-state index contributed by atoms with van der Waals surface area (Å²) in [5, 5.41) is 3.25. The van der Waals surface area contributed by atoms with Gasteiger partial charge >= 0.3 is 0 Å². The zero-order valence-corrected chi connectivity index (χ0v) is 11.8. The van der Waals surface area contributed by atoms with E-state index in [9.17, 15) is 0 Å². The molecule has 0 saturated carbocycles. The maximum atomic E-state index is 6.05. The van der Waals surface area contributed by atoms with Crippen LogP contribution in [-0.2, 0) is 4.74 Å². The van der Waals surface area contributed by atoms with Gasteiger partial charge in [0.05, 0.1) is 30.7 Å². The third kappa shape index (κ3) is 5.66. The lowest BCUT2D eigenvalue weighted by atomic mass is 10.2. The lowest BCUT2D eigenvalue weighted by Gasteiger charge is -2.15. The highest BCUT2D eigenvalue weighted by atomic mass is 16.5. The summed E-state index contributed by atoms with van der Waals surface area (Å²) in [6.07, 6.45) is 2.83. The van der Waals surface area contributed by atoms with Gasteiger partial charge < -0.3 is 20.5 Å². The number of para-hydroxylation sites is 1. The van der Waals surface area contributed by atoms with E-state index in [1.165, 1.54) is 0 Å². The van der Waals surface area contributed by atoms with Gasteiger partial charge in [-0.1, -0.05) is 12.1 Å². The second-order valence-electron chi connectivity index (χ2n) is 4.50. The second-order valence-corrected chi connectivity index (χ2v) is 4.50. The summed E-state index contributed by atoms with van der Waals surface area (Å²) in [6.45, 7) is 9.66. The number of hydrogen-bond acceptors (Lipinski definition) is 4. The highest BCUT2D eigenvalue weighted by Crippen LogP contribution is 2.29. The Morgan fingerprint density at radius 2 is 2.16 bits per heavy atom. The Bertz CT molecular complexity index is 392. The van der Waals surface area contributed by atoms with Crippen molar-refractivity contribution in [3.63, 3.8) is 0 Å². The SMILES string of the molecule is C=CCCOCCNc1cccc(OC(C)C)c1N. The van der Waals surface area contributed by atoms with Crippen LogP contribution >= 0.6 is 0 Å². The predicted octanol–water partition coefficient (Wildman–Crippen LogP) is 3.06. The van der Waals surface area contributed by atoms with Crippen LogP contribution < -0.4 is 15.8 Å². The van der Waals surface area contributed by atoms with Crippen LogP contribution in [0.4, 0.5) is 11.4 Å². The Morgan fingerprint density at radius 3 is 2.84 bits per heavy atom. The zero-order valence-electron chi connectivity index (χ0n) is 11.8. The quantitative estimate of drug-likeness (QED) is 0.409. The molecule has 19 heavy (non-hydrogen) atoms. The van der Waals surface area contributed by atoms with E-state index < -0.39 is 0 Å². The average molecular weight is 264 g/mol. The van der Waals surface area contributed by atoms with Crippen molar-refractivity contribution in [1.29, 1.82) is 0 Å². The van der Waals surface area contributed by atoms with Crippen molar-refractivity contribution in [1.82, 2.24) is 0 Å². The Balaban J connectivity index is 2.43. The van der Waals surface area contributed by atoms with Gasteiger partial charge in [0.25, 0.3) is 0 Å². The monoisotopic (exact) mass is 264 g/mol. The number of hydrogen-bond donors (Lipinski definition) is 2. The minimum atomic E-state index is 0.111. The first-order chi connectivity index (χ1) is 9.15. The molecule has 0 spiro atoms. The van der Waals surface area contributed by atoms with E-state index in [-0.39, 0.29) is 6.10 Å². The van der Waals surface area contributed by atoms with Gasteiger partial charge in [-0.05, 0) is 32.4 Å². The lowest BCUT2D eigenvalue weighted by Crippen LogP contribution is -2.12. The first kappa shape index (κ1) is 15.4. The maximum absolute atomic E-state index is 6.05. The Labute approximate surface area is 115 Å². The van der Waals surface area contributed by atoms with Crippen LogP contribution in [-0.4, -0.2) is 25.9 Å². The molecule has 1 rings (SSSR count). The number of benzene rings is 1. The first-order valence-electron chi connectivity index (χ1n) is 6.62. The maximum Gasteiger partial charge on any atom is 0.144 e. The molecule has 0 fully saturated rings. The Hall–Kier alpha value is -1.68. The van der Waals surface area contributed by atoms with Crippen LogP contribution in [0.1, 0.15) is 20.3 Å². The molecule has 4 nitrogen and oxygen atoms in total. The summed E-state index contributed by atoms with van der Waals surface area (Å²) in [7, 11) is 0. The van der Waals surface area contributed by atoms with Crippen LogP contribution in [0.2, 0.25) is 0 Å². The second kappa shape index (κ2) is 8.43. The highest BCUT2D eigenvalue weighted by molar-refractivity contribution is 5.72. The molecular formula is C15H24N2O2. The smallest absolute Gasteiger partial charge is 0.144 e. The fourth-order valence-electron chi connectivity index (χ4n) is 1.58. The van der Waals surface area contributed by atoms with Crippen molar-refractivity contribution in [3.8, 4) is 5.75 Å². The fraction of sp³-hybridized carbons (Fsp3) is 0.467. The molecule has 3 N–H and O–H groups in total. The van der Waals surface area contributed by atoms with Gasteiger partial charge in [0.1, 0.15) is 5.75 Å². The molecule has 0 aliphatic rings. The number of nitrogens with two attached hydrogens (primary N) is 1. The van der Waals surface area contributed by atoms with Crippen LogP contribution in [0.25, 0.3) is 0 Å². The molecule has 0 bridgehead atoms. The van der Waals surface area contributed by atoms with Crippen molar-refractivity contribution < 1.29 is 9.47 Å². The molecule has 0 atom stereocenters. The van der Waals surface area contributed by atoms with Crippen LogP contribution in [0.15, 0.2) is 30.9 Å². The standard InChI is InChI=1S/C15H24N2O2/c1-4-5-10-18-11-9-17-13-7-6-8-14(15(13)16)19-12(2)3/h4,6-8,12,17H,1,5,9-11,16H2,2-3H3. The molecule has 4 heteroatoms. The number of rotatable bonds is 9. The largest absolute Gasteiger partial charge is 0.489 e. The molecule has 0 aliphatic carbocycles. The minimum absolute atomic E-state index is 0.111. The van der Waals surface area contributed by atoms with Crippen LogP contribution in [0, 0.1) is 0 Å². The van der Waals surface area contributed by atoms with Crippen molar-refractivity contribution in [2.24, 2.45) is 0 Å². The van der Waals surface area contributed by atoms with E-state index in [4.69, 9.17) is 15.2 Å². The Morgan fingerprint density at radius 1 is 1.37 bits per heavy atom. The summed E-state index contributed by atoms with van der Waals surface area (Å²) >= 11 is 0. The number of nitrogens with one attached hydrogen (secondary N) is 1. The average Bonchev–Trinajstić information content (AvgIpc) is 2.37. The van der Waals surface area contributed by atoms with Gasteiger partial charge in [0.15, 0.2) is 0 Å². The summed E-state index contributed by atoms with van der Waals surface area (Å²) in [5.41, 5.74) is 7.57. The van der Waals surface area contributed by atoms with Crippen molar-refractivity contribution >= 4 is 11.4 Å². The van der Waals surface area contributed by atoms with Crippen molar-refractivity contribution in [2.75, 3.05) is 30.8 Å². The summed E-state index contributed by atoms with van der Waals surface area (Å²) in [4.78, 5) is 0. The lowest BCUT2D eigenvalue weighted by molar-refractivity contribution is 0.149. The van der Waals surface area contributed by atoms with Gasteiger partial charge in [-0.2, -0.15) is 0 Å². The van der Waals surface area contributed by atoms with Crippen LogP contribution in [0.5, 0.6) is 5.75 Å². The van der Waals surface area contributed by atoms with Gasteiger partial charge in [-0.15, -0.1) is 6.58 Å². The number of ether oxygens (including phenoxy) is 2. The summed E-state index contributed by atoms with van der Waals surface area (Å²) in [6, 6.07) is 5.74. The zero-order chi connectivity index (χ0) is 14.1. The number of nitrogen functional groups attached to an aromatic ring is 1. The molecule has 106 valence electrons. The topological polar surface area (TPSA) is 56.5 Å². The van der Waals surface area contributed by atoms with E-state index >= 15 is 0 Å². The van der Waals surface area contributed by atoms with Gasteiger partial charge in [-0.25, -0.2) is 0 Å². The van der Waals surface area contributed by atoms with Crippen molar-refractivity contribution in [2.45, 2.75) is 26.4 Å². The van der Waals surface area contributed by atoms with E-state index in [0.717, 1.165) is 12.1 Å². The molecule has 0 saturated heterocycles. The highest BCUT2D eigenvalue weighted by Gasteiger charge is 2.06. The van der Waals surface area contributed by atoms with Gasteiger partial charge in [-0.3, -0.25) is 0 Å². The fourth-order valence-corrected chi connectivity index (χ4v) is 1.58. The van der Waals surface area contributed by atoms with Gasteiger partial charge in [0.2, 0.25) is 0 Å². The Kier molecular flexibility index (Phi) is 6.82.